The highest BCUT2D eigenvalue weighted by Crippen LogP contribution is 2.17. The number of aryl methyl sites for hydroxylation is 2. The number of nitrogens with zero attached hydrogens (tertiary/aromatic N) is 3. The molecule has 3 rings (SSSR count). The van der Waals surface area contributed by atoms with E-state index in [1.165, 1.54) is 11.3 Å². The minimum atomic E-state index is 0.752. The Morgan fingerprint density at radius 3 is 2.59 bits per heavy atom. The molecule has 1 aliphatic rings. The molecule has 2 heterocycles. The highest BCUT2D eigenvalue weighted by molar-refractivity contribution is 5.48. The van der Waals surface area contributed by atoms with E-state index in [0.29, 0.717) is 0 Å². The quantitative estimate of drug-likeness (QED) is 0.940. The van der Waals surface area contributed by atoms with Crippen molar-refractivity contribution >= 4 is 11.5 Å². The van der Waals surface area contributed by atoms with Crippen molar-refractivity contribution in [1.29, 1.82) is 0 Å². The summed E-state index contributed by atoms with van der Waals surface area (Å²) >= 11 is 0. The first-order valence-electron chi connectivity index (χ1n) is 7.68. The van der Waals surface area contributed by atoms with Crippen LogP contribution < -0.4 is 10.2 Å². The fourth-order valence-electron chi connectivity index (χ4n) is 2.54. The van der Waals surface area contributed by atoms with Crippen LogP contribution in [0.2, 0.25) is 0 Å². The Hall–Kier alpha value is -2.14. The van der Waals surface area contributed by atoms with E-state index in [0.717, 1.165) is 50.1 Å². The van der Waals surface area contributed by atoms with Gasteiger partial charge in [0.1, 0.15) is 5.82 Å². The molecule has 0 saturated carbocycles. The summed E-state index contributed by atoms with van der Waals surface area (Å²) in [4.78, 5) is 11.2. The molecule has 1 N–H and O–H groups in total. The van der Waals surface area contributed by atoms with Crippen LogP contribution in [0.5, 0.6) is 0 Å². The molecule has 5 heteroatoms. The van der Waals surface area contributed by atoms with E-state index in [2.05, 4.69) is 44.5 Å². The first-order chi connectivity index (χ1) is 10.7. The van der Waals surface area contributed by atoms with Crippen LogP contribution in [-0.4, -0.2) is 36.3 Å². The van der Waals surface area contributed by atoms with Gasteiger partial charge < -0.3 is 15.0 Å². The SMILES string of the molecule is Cc1cnc(C)c(NCc2ccc(N3CCOCC3)cc2)n1. The van der Waals surface area contributed by atoms with Crippen molar-refractivity contribution in [3.63, 3.8) is 0 Å². The fraction of sp³-hybridized carbons (Fsp3) is 0.412. The normalized spacial score (nSPS) is 14.9. The molecule has 1 aromatic carbocycles. The summed E-state index contributed by atoms with van der Waals surface area (Å²) in [5, 5.41) is 3.36. The lowest BCUT2D eigenvalue weighted by Crippen LogP contribution is -2.36. The van der Waals surface area contributed by atoms with E-state index in [9.17, 15) is 0 Å². The number of benzene rings is 1. The molecule has 1 aromatic heterocycles. The second kappa shape index (κ2) is 6.75. The van der Waals surface area contributed by atoms with E-state index >= 15 is 0 Å². The van der Waals surface area contributed by atoms with E-state index in [1.54, 1.807) is 6.20 Å². The van der Waals surface area contributed by atoms with Gasteiger partial charge in [0.05, 0.1) is 24.6 Å². The Balaban J connectivity index is 1.62. The molecule has 0 amide bonds. The maximum absolute atomic E-state index is 5.39. The zero-order valence-corrected chi connectivity index (χ0v) is 13.2. The standard InChI is InChI=1S/C17H22N4O/c1-13-11-18-14(2)17(20-13)19-12-15-3-5-16(6-4-15)21-7-9-22-10-8-21/h3-6,11H,7-10,12H2,1-2H3,(H,19,20). The fourth-order valence-corrected chi connectivity index (χ4v) is 2.54. The van der Waals surface area contributed by atoms with Crippen molar-refractivity contribution in [3.8, 4) is 0 Å². The van der Waals surface area contributed by atoms with Crippen LogP contribution in [0.3, 0.4) is 0 Å². The van der Waals surface area contributed by atoms with Crippen LogP contribution in [0.25, 0.3) is 0 Å². The number of anilines is 2. The molecular formula is C17H22N4O. The smallest absolute Gasteiger partial charge is 0.148 e. The average Bonchev–Trinajstić information content (AvgIpc) is 2.57. The first kappa shape index (κ1) is 14.8. The van der Waals surface area contributed by atoms with Crippen molar-refractivity contribution in [2.75, 3.05) is 36.5 Å². The number of rotatable bonds is 4. The van der Waals surface area contributed by atoms with E-state index < -0.39 is 0 Å². The highest BCUT2D eigenvalue weighted by Gasteiger charge is 2.10. The molecule has 0 atom stereocenters. The Labute approximate surface area is 131 Å². The summed E-state index contributed by atoms with van der Waals surface area (Å²) in [6.45, 7) is 8.24. The Morgan fingerprint density at radius 1 is 1.14 bits per heavy atom. The molecular weight excluding hydrogens is 276 g/mol. The Morgan fingerprint density at radius 2 is 1.86 bits per heavy atom. The lowest BCUT2D eigenvalue weighted by Gasteiger charge is -2.28. The third-order valence-corrected chi connectivity index (χ3v) is 3.85. The molecule has 0 spiro atoms. The summed E-state index contributed by atoms with van der Waals surface area (Å²) in [6.07, 6.45) is 1.79. The van der Waals surface area contributed by atoms with Crippen LogP contribution >= 0.6 is 0 Å². The summed E-state index contributed by atoms with van der Waals surface area (Å²) < 4.78 is 5.39. The molecule has 2 aromatic rings. The number of ether oxygens (including phenoxy) is 1. The third-order valence-electron chi connectivity index (χ3n) is 3.85. The van der Waals surface area contributed by atoms with Gasteiger partial charge in [-0.25, -0.2) is 4.98 Å². The van der Waals surface area contributed by atoms with Gasteiger partial charge in [-0.3, -0.25) is 4.98 Å². The largest absolute Gasteiger partial charge is 0.378 e. The third kappa shape index (κ3) is 3.54. The van der Waals surface area contributed by atoms with Crippen molar-refractivity contribution < 1.29 is 4.74 Å². The molecule has 0 aliphatic carbocycles. The van der Waals surface area contributed by atoms with Gasteiger partial charge in [0.25, 0.3) is 0 Å². The number of hydrogen-bond donors (Lipinski definition) is 1. The van der Waals surface area contributed by atoms with Crippen LogP contribution in [0.4, 0.5) is 11.5 Å². The summed E-state index contributed by atoms with van der Waals surface area (Å²) in [6, 6.07) is 8.68. The zero-order chi connectivity index (χ0) is 15.4. The number of morpholine rings is 1. The molecule has 116 valence electrons. The Kier molecular flexibility index (Phi) is 4.53. The summed E-state index contributed by atoms with van der Waals surface area (Å²) in [7, 11) is 0. The Bertz CT molecular complexity index is 621. The van der Waals surface area contributed by atoms with Crippen molar-refractivity contribution in [1.82, 2.24) is 9.97 Å². The molecule has 0 radical (unpaired) electrons. The van der Waals surface area contributed by atoms with Gasteiger partial charge in [0.2, 0.25) is 0 Å². The van der Waals surface area contributed by atoms with Crippen molar-refractivity contribution in [2.45, 2.75) is 20.4 Å². The second-order valence-electron chi connectivity index (χ2n) is 5.56. The lowest BCUT2D eigenvalue weighted by atomic mass is 10.2. The van der Waals surface area contributed by atoms with Crippen LogP contribution in [0, 0.1) is 13.8 Å². The summed E-state index contributed by atoms with van der Waals surface area (Å²) in [5.41, 5.74) is 4.35. The minimum absolute atomic E-state index is 0.752. The average molecular weight is 298 g/mol. The molecule has 1 fully saturated rings. The zero-order valence-electron chi connectivity index (χ0n) is 13.2. The molecule has 5 nitrogen and oxygen atoms in total. The van der Waals surface area contributed by atoms with Gasteiger partial charge in [-0.05, 0) is 31.5 Å². The lowest BCUT2D eigenvalue weighted by molar-refractivity contribution is 0.122. The van der Waals surface area contributed by atoms with Crippen LogP contribution in [0.15, 0.2) is 30.5 Å². The molecule has 22 heavy (non-hydrogen) atoms. The van der Waals surface area contributed by atoms with Gasteiger partial charge in [0, 0.05) is 31.5 Å². The highest BCUT2D eigenvalue weighted by atomic mass is 16.5. The van der Waals surface area contributed by atoms with E-state index in [4.69, 9.17) is 4.74 Å². The molecule has 1 aliphatic heterocycles. The number of aromatic nitrogens is 2. The maximum Gasteiger partial charge on any atom is 0.148 e. The molecule has 0 unspecified atom stereocenters. The minimum Gasteiger partial charge on any atom is -0.378 e. The molecule has 0 bridgehead atoms. The van der Waals surface area contributed by atoms with Crippen molar-refractivity contribution in [2.24, 2.45) is 0 Å². The molecule has 1 saturated heterocycles. The topological polar surface area (TPSA) is 50.3 Å². The monoisotopic (exact) mass is 298 g/mol. The second-order valence-corrected chi connectivity index (χ2v) is 5.56. The van der Waals surface area contributed by atoms with Gasteiger partial charge in [-0.1, -0.05) is 12.1 Å². The van der Waals surface area contributed by atoms with Gasteiger partial charge in [-0.2, -0.15) is 0 Å². The number of nitrogens with one attached hydrogen (secondary N) is 1. The maximum atomic E-state index is 5.39. The predicted octanol–water partition coefficient (Wildman–Crippen LogP) is 2.54. The van der Waals surface area contributed by atoms with Crippen LogP contribution in [-0.2, 0) is 11.3 Å². The van der Waals surface area contributed by atoms with Gasteiger partial charge >= 0.3 is 0 Å². The summed E-state index contributed by atoms with van der Waals surface area (Å²) in [5.74, 6) is 0.859. The predicted molar refractivity (Wildman–Crippen MR) is 88.3 cm³/mol. The first-order valence-corrected chi connectivity index (χ1v) is 7.68. The van der Waals surface area contributed by atoms with Crippen molar-refractivity contribution in [3.05, 3.63) is 47.4 Å². The van der Waals surface area contributed by atoms with Gasteiger partial charge in [0.15, 0.2) is 0 Å². The van der Waals surface area contributed by atoms with E-state index in [-0.39, 0.29) is 0 Å². The van der Waals surface area contributed by atoms with E-state index in [1.807, 2.05) is 13.8 Å². The number of hydrogen-bond acceptors (Lipinski definition) is 5. The van der Waals surface area contributed by atoms with Gasteiger partial charge in [-0.15, -0.1) is 0 Å². The van der Waals surface area contributed by atoms with Crippen LogP contribution in [0.1, 0.15) is 17.0 Å².